The number of rotatable bonds is 4. The molecule has 146 valence electrons. The molecule has 3 N–H and O–H groups in total. The number of nitrogens with two attached hydrogens (primary N) is 1. The lowest BCUT2D eigenvalue weighted by Gasteiger charge is -2.12. The molecule has 0 unspecified atom stereocenters. The zero-order valence-corrected chi connectivity index (χ0v) is 17.4. The van der Waals surface area contributed by atoms with Gasteiger partial charge in [0.2, 0.25) is 0 Å². The van der Waals surface area contributed by atoms with Gasteiger partial charge in [0.25, 0.3) is 5.91 Å². The summed E-state index contributed by atoms with van der Waals surface area (Å²) in [5.41, 5.74) is 9.02. The second-order valence-corrected chi connectivity index (χ2v) is 8.84. The Labute approximate surface area is 170 Å². The van der Waals surface area contributed by atoms with E-state index >= 15 is 0 Å². The molecule has 0 bridgehead atoms. The minimum atomic E-state index is -0.376. The van der Waals surface area contributed by atoms with E-state index in [1.165, 1.54) is 22.7 Å². The van der Waals surface area contributed by atoms with Gasteiger partial charge in [0.05, 0.1) is 17.9 Å². The number of aryl methyl sites for hydroxylation is 2. The maximum atomic E-state index is 13.0. The Hall–Kier alpha value is -2.45. The van der Waals surface area contributed by atoms with Gasteiger partial charge in [0.1, 0.15) is 14.7 Å². The minimum absolute atomic E-state index is 0.297. The molecule has 0 fully saturated rings. The van der Waals surface area contributed by atoms with Crippen LogP contribution in [0.25, 0.3) is 10.2 Å². The number of nitrogen functional groups attached to an aromatic ring is 1. The lowest BCUT2D eigenvalue weighted by molar-refractivity contribution is 0.0526. The first-order valence-electron chi connectivity index (χ1n) is 9.28. The summed E-state index contributed by atoms with van der Waals surface area (Å²) < 4.78 is 5.25. The number of amides is 1. The molecular formula is C20H21N3O3S2. The van der Waals surface area contributed by atoms with Crippen molar-refractivity contribution in [2.45, 2.75) is 39.5 Å². The number of carbonyl (C=O) groups excluding carboxylic acids is 2. The van der Waals surface area contributed by atoms with Crippen LogP contribution < -0.4 is 11.1 Å². The van der Waals surface area contributed by atoms with E-state index in [1.54, 1.807) is 6.92 Å². The first-order valence-corrected chi connectivity index (χ1v) is 10.9. The molecule has 1 aliphatic carbocycles. The number of nitrogens with zero attached hydrogens (tertiary/aromatic N) is 1. The van der Waals surface area contributed by atoms with Crippen LogP contribution in [-0.2, 0) is 17.6 Å². The maximum absolute atomic E-state index is 13.0. The molecule has 0 saturated carbocycles. The van der Waals surface area contributed by atoms with Crippen LogP contribution in [0.15, 0.2) is 12.1 Å². The van der Waals surface area contributed by atoms with Gasteiger partial charge in [0, 0.05) is 16.0 Å². The fourth-order valence-corrected chi connectivity index (χ4v) is 5.80. The Morgan fingerprint density at radius 3 is 2.82 bits per heavy atom. The average molecular weight is 416 g/mol. The van der Waals surface area contributed by atoms with Gasteiger partial charge in [-0.3, -0.25) is 4.79 Å². The van der Waals surface area contributed by atoms with Crippen LogP contribution in [0.5, 0.6) is 0 Å². The van der Waals surface area contributed by atoms with Crippen molar-refractivity contribution in [2.75, 3.05) is 17.7 Å². The molecule has 4 rings (SSSR count). The summed E-state index contributed by atoms with van der Waals surface area (Å²) in [6.07, 6.45) is 3.90. The molecule has 28 heavy (non-hydrogen) atoms. The monoisotopic (exact) mass is 415 g/mol. The molecule has 6 nitrogen and oxygen atoms in total. The number of hydrogen-bond acceptors (Lipinski definition) is 7. The Morgan fingerprint density at radius 2 is 2.04 bits per heavy atom. The van der Waals surface area contributed by atoms with Gasteiger partial charge in [-0.05, 0) is 57.2 Å². The smallest absolute Gasteiger partial charge is 0.341 e. The first-order chi connectivity index (χ1) is 13.5. The third-order valence-electron chi connectivity index (χ3n) is 4.82. The summed E-state index contributed by atoms with van der Waals surface area (Å²) in [5, 5.41) is 4.25. The standard InChI is InChI=1S/C20H21N3O3S2/c1-3-26-20(25)14-11-6-4-5-7-13(11)27-19(14)23-17(24)16-15(21)12-9-8-10(2)22-18(12)28-16/h8-9H,3-7,21H2,1-2H3,(H,23,24). The van der Waals surface area contributed by atoms with Gasteiger partial charge in [-0.2, -0.15) is 0 Å². The third-order valence-corrected chi connectivity index (χ3v) is 7.14. The largest absolute Gasteiger partial charge is 0.462 e. The number of pyridine rings is 1. The van der Waals surface area contributed by atoms with Crippen LogP contribution in [0.3, 0.4) is 0 Å². The highest BCUT2D eigenvalue weighted by Crippen LogP contribution is 2.40. The number of carbonyl (C=O) groups is 2. The van der Waals surface area contributed by atoms with Gasteiger partial charge < -0.3 is 15.8 Å². The van der Waals surface area contributed by atoms with Gasteiger partial charge in [0.15, 0.2) is 0 Å². The number of hydrogen-bond donors (Lipinski definition) is 2. The van der Waals surface area contributed by atoms with E-state index in [0.29, 0.717) is 27.7 Å². The molecule has 0 aromatic carbocycles. The molecule has 0 radical (unpaired) electrons. The minimum Gasteiger partial charge on any atom is -0.462 e. The highest BCUT2D eigenvalue weighted by molar-refractivity contribution is 7.21. The van der Waals surface area contributed by atoms with Crippen molar-refractivity contribution in [3.05, 3.63) is 38.7 Å². The van der Waals surface area contributed by atoms with E-state index in [0.717, 1.165) is 52.0 Å². The molecule has 1 amide bonds. The normalized spacial score (nSPS) is 13.4. The topological polar surface area (TPSA) is 94.3 Å². The van der Waals surface area contributed by atoms with Crippen LogP contribution >= 0.6 is 22.7 Å². The summed E-state index contributed by atoms with van der Waals surface area (Å²) >= 11 is 2.73. The lowest BCUT2D eigenvalue weighted by atomic mass is 9.95. The van der Waals surface area contributed by atoms with E-state index in [9.17, 15) is 9.59 Å². The van der Waals surface area contributed by atoms with Crippen LogP contribution in [0.1, 0.15) is 55.9 Å². The highest BCUT2D eigenvalue weighted by atomic mass is 32.1. The second-order valence-electron chi connectivity index (χ2n) is 6.74. The molecule has 3 aromatic rings. The van der Waals surface area contributed by atoms with Crippen molar-refractivity contribution >= 4 is 55.5 Å². The van der Waals surface area contributed by atoms with E-state index in [-0.39, 0.29) is 11.9 Å². The predicted octanol–water partition coefficient (Wildman–Crippen LogP) is 4.56. The molecule has 0 aliphatic heterocycles. The first kappa shape index (κ1) is 18.9. The fourth-order valence-electron chi connectivity index (χ4n) is 3.49. The SMILES string of the molecule is CCOC(=O)c1c(NC(=O)c2sc3nc(C)ccc3c2N)sc2c1CCCC2. The Balaban J connectivity index is 1.71. The van der Waals surface area contributed by atoms with Crippen molar-refractivity contribution in [2.24, 2.45) is 0 Å². The zero-order valence-electron chi connectivity index (χ0n) is 15.8. The molecule has 8 heteroatoms. The van der Waals surface area contributed by atoms with E-state index in [4.69, 9.17) is 10.5 Å². The average Bonchev–Trinajstić information content (AvgIpc) is 3.19. The Kier molecular flexibility index (Phi) is 5.07. The molecule has 0 saturated heterocycles. The number of anilines is 2. The molecule has 0 spiro atoms. The number of esters is 1. The molecule has 1 aliphatic rings. The number of nitrogens with one attached hydrogen (secondary N) is 1. The quantitative estimate of drug-likeness (QED) is 0.609. The highest BCUT2D eigenvalue weighted by Gasteiger charge is 2.28. The van der Waals surface area contributed by atoms with Gasteiger partial charge in [-0.25, -0.2) is 9.78 Å². The molecule has 3 heterocycles. The van der Waals surface area contributed by atoms with Crippen molar-refractivity contribution < 1.29 is 14.3 Å². The van der Waals surface area contributed by atoms with Crippen LogP contribution in [0, 0.1) is 6.92 Å². The second kappa shape index (κ2) is 7.52. The summed E-state index contributed by atoms with van der Waals surface area (Å²) in [5.74, 6) is -0.693. The van der Waals surface area contributed by atoms with Crippen LogP contribution in [-0.4, -0.2) is 23.5 Å². The lowest BCUT2D eigenvalue weighted by Crippen LogP contribution is -2.15. The van der Waals surface area contributed by atoms with E-state index < -0.39 is 0 Å². The van der Waals surface area contributed by atoms with Crippen LogP contribution in [0.2, 0.25) is 0 Å². The van der Waals surface area contributed by atoms with E-state index in [1.807, 2.05) is 19.1 Å². The van der Waals surface area contributed by atoms with Gasteiger partial charge >= 0.3 is 5.97 Å². The van der Waals surface area contributed by atoms with E-state index in [2.05, 4.69) is 10.3 Å². The number of aromatic nitrogens is 1. The molecule has 0 atom stereocenters. The van der Waals surface area contributed by atoms with Crippen molar-refractivity contribution in [1.29, 1.82) is 0 Å². The number of ether oxygens (including phenoxy) is 1. The Bertz CT molecular complexity index is 1080. The molecular weight excluding hydrogens is 394 g/mol. The predicted molar refractivity (Wildman–Crippen MR) is 114 cm³/mol. The summed E-state index contributed by atoms with van der Waals surface area (Å²) in [4.78, 5) is 32.3. The third kappa shape index (κ3) is 3.27. The van der Waals surface area contributed by atoms with Crippen molar-refractivity contribution in [3.8, 4) is 0 Å². The Morgan fingerprint density at radius 1 is 1.25 bits per heavy atom. The maximum Gasteiger partial charge on any atom is 0.341 e. The summed E-state index contributed by atoms with van der Waals surface area (Å²) in [6, 6.07) is 3.76. The summed E-state index contributed by atoms with van der Waals surface area (Å²) in [6.45, 7) is 3.98. The zero-order chi connectivity index (χ0) is 19.8. The molecule has 3 aromatic heterocycles. The van der Waals surface area contributed by atoms with Gasteiger partial charge in [-0.15, -0.1) is 22.7 Å². The van der Waals surface area contributed by atoms with Crippen molar-refractivity contribution in [1.82, 2.24) is 4.98 Å². The van der Waals surface area contributed by atoms with Crippen molar-refractivity contribution in [3.63, 3.8) is 0 Å². The van der Waals surface area contributed by atoms with Crippen LogP contribution in [0.4, 0.5) is 10.7 Å². The number of thiophene rings is 2. The number of fused-ring (bicyclic) bond motifs is 2. The fraction of sp³-hybridized carbons (Fsp3) is 0.350. The van der Waals surface area contributed by atoms with Gasteiger partial charge in [-0.1, -0.05) is 0 Å². The summed E-state index contributed by atoms with van der Waals surface area (Å²) in [7, 11) is 0.